The number of amides is 2. The fourth-order valence-electron chi connectivity index (χ4n) is 5.82. The number of rotatable bonds is 15. The number of hydrogen-bond acceptors (Lipinski definition) is 9. The predicted molar refractivity (Wildman–Crippen MR) is 178 cm³/mol. The number of hydrazone groups is 1. The van der Waals surface area contributed by atoms with Crippen LogP contribution < -0.4 is 21.2 Å². The monoisotopic (exact) mass is 680 g/mol. The van der Waals surface area contributed by atoms with Gasteiger partial charge in [-0.1, -0.05) is 60.7 Å². The van der Waals surface area contributed by atoms with Crippen LogP contribution in [0.25, 0.3) is 10.8 Å². The second-order valence-corrected chi connectivity index (χ2v) is 13.5. The van der Waals surface area contributed by atoms with E-state index >= 15 is 0 Å². The Bertz CT molecular complexity index is 1750. The Labute approximate surface area is 278 Å². The molecular formula is C33H40N6O8S. The summed E-state index contributed by atoms with van der Waals surface area (Å²) in [5.74, 6) is 1.14. The van der Waals surface area contributed by atoms with Crippen LogP contribution >= 0.6 is 0 Å². The summed E-state index contributed by atoms with van der Waals surface area (Å²) in [6.45, 7) is 1.61. The van der Waals surface area contributed by atoms with Crippen LogP contribution in [0, 0.1) is 5.92 Å². The third kappa shape index (κ3) is 9.51. The molecule has 3 aromatic rings. The Morgan fingerprint density at radius 1 is 1.08 bits per heavy atom. The summed E-state index contributed by atoms with van der Waals surface area (Å²) < 4.78 is 34.6. The lowest BCUT2D eigenvalue weighted by atomic mass is 9.86. The van der Waals surface area contributed by atoms with E-state index < -0.39 is 58.2 Å². The van der Waals surface area contributed by atoms with Crippen molar-refractivity contribution in [2.24, 2.45) is 16.9 Å². The van der Waals surface area contributed by atoms with Crippen molar-refractivity contribution < 1.29 is 37.4 Å². The Morgan fingerprint density at radius 2 is 1.79 bits per heavy atom. The number of hydrogen-bond donors (Lipinski definition) is 5. The molecule has 0 bridgehead atoms. The maximum atomic E-state index is 14.0. The lowest BCUT2D eigenvalue weighted by Crippen LogP contribution is -2.62. The molecule has 1 saturated heterocycles. The number of methoxy groups -OCH3 is 1. The molecule has 4 rings (SSSR count). The van der Waals surface area contributed by atoms with Gasteiger partial charge in [0.05, 0.1) is 24.8 Å². The molecule has 6 N–H and O–H groups in total. The zero-order valence-electron chi connectivity index (χ0n) is 26.5. The molecule has 2 amide bonds. The van der Waals surface area contributed by atoms with E-state index in [0.29, 0.717) is 17.5 Å². The molecular weight excluding hydrogens is 640 g/mol. The Morgan fingerprint density at radius 3 is 2.48 bits per heavy atom. The van der Waals surface area contributed by atoms with Crippen LogP contribution in [0.5, 0.6) is 0 Å². The summed E-state index contributed by atoms with van der Waals surface area (Å²) in [6, 6.07) is 18.2. The molecule has 3 atom stereocenters. The normalized spacial score (nSPS) is 16.9. The van der Waals surface area contributed by atoms with Gasteiger partial charge in [-0.2, -0.15) is 9.82 Å². The molecule has 3 aromatic carbocycles. The fraction of sp³-hybridized carbons (Fsp3) is 0.364. The van der Waals surface area contributed by atoms with E-state index in [9.17, 15) is 32.7 Å². The zero-order chi connectivity index (χ0) is 34.7. The van der Waals surface area contributed by atoms with Gasteiger partial charge in [-0.25, -0.2) is 13.2 Å². The van der Waals surface area contributed by atoms with Crippen LogP contribution in [0.15, 0.2) is 82.8 Å². The van der Waals surface area contributed by atoms with Crippen molar-refractivity contribution in [3.05, 3.63) is 78.4 Å². The molecule has 1 aliphatic rings. The van der Waals surface area contributed by atoms with Crippen molar-refractivity contribution in [1.82, 2.24) is 20.3 Å². The molecule has 0 spiro atoms. The van der Waals surface area contributed by atoms with Crippen molar-refractivity contribution in [2.45, 2.75) is 48.6 Å². The first-order valence-electron chi connectivity index (χ1n) is 15.4. The van der Waals surface area contributed by atoms with Gasteiger partial charge in [0.2, 0.25) is 21.8 Å². The van der Waals surface area contributed by atoms with Gasteiger partial charge < -0.3 is 31.2 Å². The van der Waals surface area contributed by atoms with Crippen LogP contribution in [0.4, 0.5) is 0 Å². The van der Waals surface area contributed by atoms with Gasteiger partial charge in [-0.05, 0) is 47.2 Å². The number of nitrogens with zero attached hydrogens (tertiary/aromatic N) is 2. The summed E-state index contributed by atoms with van der Waals surface area (Å²) in [4.78, 5) is 54.2. The number of sulfonamides is 1. The van der Waals surface area contributed by atoms with Gasteiger partial charge in [0.15, 0.2) is 5.54 Å². The number of benzene rings is 3. The van der Waals surface area contributed by atoms with E-state index in [1.807, 2.05) is 17.0 Å². The molecule has 15 heteroatoms. The predicted octanol–water partition coefficient (Wildman–Crippen LogP) is 1.35. The quantitative estimate of drug-likeness (QED) is 0.0512. The summed E-state index contributed by atoms with van der Waals surface area (Å²) in [7, 11) is -3.36. The molecule has 48 heavy (non-hydrogen) atoms. The number of ether oxygens (including phenoxy) is 1. The highest BCUT2D eigenvalue weighted by atomic mass is 32.2. The van der Waals surface area contributed by atoms with Gasteiger partial charge in [0.1, 0.15) is 12.4 Å². The van der Waals surface area contributed by atoms with Gasteiger partial charge in [-0.3, -0.25) is 14.4 Å². The first-order chi connectivity index (χ1) is 22.9. The molecule has 256 valence electrons. The number of likely N-dealkylation sites (tertiary alicyclic amines) is 1. The van der Waals surface area contributed by atoms with Crippen LogP contribution in [-0.4, -0.2) is 86.8 Å². The number of carbonyl (C=O) groups excluding carboxylic acids is 3. The highest BCUT2D eigenvalue weighted by Crippen LogP contribution is 2.23. The van der Waals surface area contributed by atoms with Gasteiger partial charge in [0.25, 0.3) is 0 Å². The Hall–Kier alpha value is -5.02. The number of aliphatic carboxylic acids is 1. The molecule has 0 saturated carbocycles. The lowest BCUT2D eigenvalue weighted by molar-refractivity contribution is -0.156. The van der Waals surface area contributed by atoms with Gasteiger partial charge in [-0.15, -0.1) is 0 Å². The molecule has 14 nitrogen and oxygen atoms in total. The van der Waals surface area contributed by atoms with E-state index in [1.165, 1.54) is 18.5 Å². The largest absolute Gasteiger partial charge is 0.481 e. The number of piperidine rings is 1. The van der Waals surface area contributed by atoms with Gasteiger partial charge in [0, 0.05) is 26.1 Å². The second kappa shape index (κ2) is 16.2. The minimum absolute atomic E-state index is 0.0516. The third-order valence-electron chi connectivity index (χ3n) is 8.14. The molecule has 0 aliphatic carbocycles. The number of fused-ring (bicyclic) bond motifs is 1. The van der Waals surface area contributed by atoms with E-state index in [2.05, 4.69) is 20.5 Å². The number of nitrogens with two attached hydrogens (primary N) is 1. The zero-order valence-corrected chi connectivity index (χ0v) is 27.3. The number of esters is 1. The highest BCUT2D eigenvalue weighted by Gasteiger charge is 2.45. The third-order valence-corrected chi connectivity index (χ3v) is 9.61. The molecule has 1 fully saturated rings. The molecule has 0 aromatic heterocycles. The Balaban J connectivity index is 1.62. The van der Waals surface area contributed by atoms with Crippen LogP contribution in [0.1, 0.15) is 31.2 Å². The Kier molecular flexibility index (Phi) is 12.1. The summed E-state index contributed by atoms with van der Waals surface area (Å²) >= 11 is 0. The number of nitrogens with one attached hydrogen (secondary N) is 3. The van der Waals surface area contributed by atoms with Crippen LogP contribution in [0.2, 0.25) is 0 Å². The minimum atomic E-state index is -4.41. The summed E-state index contributed by atoms with van der Waals surface area (Å²) in [6.07, 6.45) is 1.40. The summed E-state index contributed by atoms with van der Waals surface area (Å²) in [5.41, 5.74) is -1.62. The van der Waals surface area contributed by atoms with Crippen molar-refractivity contribution in [3.8, 4) is 0 Å². The molecule has 1 heterocycles. The molecule has 1 aliphatic heterocycles. The lowest BCUT2D eigenvalue weighted by Gasteiger charge is -2.33. The topological polar surface area (TPSA) is 210 Å². The number of carboxylic acids is 1. The number of carboxylic acid groups (broad SMARTS) is 1. The highest BCUT2D eigenvalue weighted by molar-refractivity contribution is 7.89. The van der Waals surface area contributed by atoms with E-state index in [4.69, 9.17) is 10.6 Å². The van der Waals surface area contributed by atoms with Crippen molar-refractivity contribution in [3.63, 3.8) is 0 Å². The van der Waals surface area contributed by atoms with E-state index in [-0.39, 0.29) is 23.8 Å². The van der Waals surface area contributed by atoms with Gasteiger partial charge >= 0.3 is 11.9 Å². The maximum absolute atomic E-state index is 14.0. The smallest absolute Gasteiger partial charge is 0.332 e. The minimum Gasteiger partial charge on any atom is -0.481 e. The average Bonchev–Trinajstić information content (AvgIpc) is 3.06. The SMILES string of the molecule is COC(=O)[C@](CC(=O)O)(Cc1ccccc1)NC(=O)[C@H](CC(=O)NC[C@@H]1CCCN(C=NN)C1)NS(=O)(=O)c1ccc2ccccc2c1. The van der Waals surface area contributed by atoms with Crippen LogP contribution in [-0.2, 0) is 40.4 Å². The van der Waals surface area contributed by atoms with E-state index in [1.54, 1.807) is 48.5 Å². The van der Waals surface area contributed by atoms with Crippen molar-refractivity contribution >= 4 is 50.9 Å². The fourth-order valence-corrected chi connectivity index (χ4v) is 7.05. The standard InChI is InChI=1S/C33H40N6O8S/c1-47-32(44)33(19-30(41)42,18-23-8-3-2-4-9-23)37-31(43)28(17-29(40)35-20-24-10-7-15-39(21-24)22-36-34)38-48(45,46)27-14-13-25-11-5-6-12-26(25)16-27/h2-6,8-9,11-14,16,22,24,28,38H,7,10,15,17-21,34H2,1H3,(H,35,40)(H,37,43)(H,41,42)/t24-,28-,33+/m0/s1. The maximum Gasteiger partial charge on any atom is 0.332 e. The van der Waals surface area contributed by atoms with Crippen LogP contribution in [0.3, 0.4) is 0 Å². The van der Waals surface area contributed by atoms with Crippen molar-refractivity contribution in [1.29, 1.82) is 0 Å². The molecule has 0 unspecified atom stereocenters. The summed E-state index contributed by atoms with van der Waals surface area (Å²) in [5, 5.41) is 20.0. The average molecular weight is 681 g/mol. The van der Waals surface area contributed by atoms with E-state index in [0.717, 1.165) is 31.9 Å². The van der Waals surface area contributed by atoms with Crippen molar-refractivity contribution in [2.75, 3.05) is 26.7 Å². The first-order valence-corrected chi connectivity index (χ1v) is 16.8. The first kappa shape index (κ1) is 35.8. The second-order valence-electron chi connectivity index (χ2n) is 11.8. The molecule has 0 radical (unpaired) electrons. The number of carbonyl (C=O) groups is 4.